The highest BCUT2D eigenvalue weighted by Crippen LogP contribution is 2.37. The van der Waals surface area contributed by atoms with E-state index in [9.17, 15) is 22.0 Å². The van der Waals surface area contributed by atoms with Crippen molar-refractivity contribution >= 4 is 15.9 Å². The van der Waals surface area contributed by atoms with Crippen molar-refractivity contribution in [1.29, 1.82) is 0 Å². The molecule has 0 bridgehead atoms. The summed E-state index contributed by atoms with van der Waals surface area (Å²) in [6.45, 7) is 2.17. The van der Waals surface area contributed by atoms with Crippen molar-refractivity contribution in [1.82, 2.24) is 9.21 Å². The van der Waals surface area contributed by atoms with Crippen molar-refractivity contribution < 1.29 is 22.0 Å². The van der Waals surface area contributed by atoms with Crippen LogP contribution in [0.2, 0.25) is 0 Å². The largest absolute Gasteiger partial charge is 0.341 e. The Morgan fingerprint density at radius 2 is 1.73 bits per heavy atom. The highest BCUT2D eigenvalue weighted by atomic mass is 32.2. The highest BCUT2D eigenvalue weighted by Gasteiger charge is 2.44. The average Bonchev–Trinajstić information content (AvgIpc) is 3.29. The Bertz CT molecular complexity index is 1110. The first-order valence-corrected chi connectivity index (χ1v) is 12.9. The zero-order chi connectivity index (χ0) is 23.8. The van der Waals surface area contributed by atoms with E-state index >= 15 is 0 Å². The second kappa shape index (κ2) is 9.14. The van der Waals surface area contributed by atoms with Gasteiger partial charge in [0.15, 0.2) is 0 Å². The number of hydrogen-bond donors (Lipinski definition) is 0. The van der Waals surface area contributed by atoms with Gasteiger partial charge >= 0.3 is 0 Å². The molecular weight excluding hydrogens is 446 g/mol. The molecule has 0 spiro atoms. The van der Waals surface area contributed by atoms with Gasteiger partial charge < -0.3 is 4.90 Å². The van der Waals surface area contributed by atoms with Gasteiger partial charge in [0.05, 0.1) is 4.90 Å². The zero-order valence-corrected chi connectivity index (χ0v) is 19.8. The second-order valence-electron chi connectivity index (χ2n) is 9.18. The van der Waals surface area contributed by atoms with Gasteiger partial charge in [-0.25, -0.2) is 17.2 Å². The summed E-state index contributed by atoms with van der Waals surface area (Å²) in [7, 11) is -2.33. The predicted molar refractivity (Wildman–Crippen MR) is 124 cm³/mol. The molecular formula is C25H30F2N2O3S. The van der Waals surface area contributed by atoms with E-state index in [4.69, 9.17) is 0 Å². The molecule has 0 unspecified atom stereocenters. The van der Waals surface area contributed by atoms with Gasteiger partial charge in [-0.2, -0.15) is 4.31 Å². The van der Waals surface area contributed by atoms with Crippen LogP contribution >= 0.6 is 0 Å². The first-order chi connectivity index (χ1) is 15.6. The molecule has 0 radical (unpaired) electrons. The summed E-state index contributed by atoms with van der Waals surface area (Å²) in [5.74, 6) is -2.98. The molecule has 1 amide bonds. The van der Waals surface area contributed by atoms with Gasteiger partial charge in [-0.3, -0.25) is 4.79 Å². The molecule has 2 aromatic rings. The molecule has 178 valence electrons. The maximum absolute atomic E-state index is 13.8. The van der Waals surface area contributed by atoms with E-state index in [-0.39, 0.29) is 49.1 Å². The maximum Gasteiger partial charge on any atom is 0.248 e. The number of rotatable bonds is 5. The zero-order valence-electron chi connectivity index (χ0n) is 19.0. The molecule has 1 aliphatic carbocycles. The Morgan fingerprint density at radius 3 is 2.39 bits per heavy atom. The fourth-order valence-corrected chi connectivity index (χ4v) is 6.79. The lowest BCUT2D eigenvalue weighted by molar-refractivity contribution is -0.138. The van der Waals surface area contributed by atoms with Crippen LogP contribution in [0, 0.1) is 6.92 Å². The van der Waals surface area contributed by atoms with Gasteiger partial charge in [-0.05, 0) is 44.2 Å². The van der Waals surface area contributed by atoms with Crippen molar-refractivity contribution in [2.75, 3.05) is 13.6 Å². The van der Waals surface area contributed by atoms with Gasteiger partial charge in [-0.1, -0.05) is 48.0 Å². The molecule has 5 nitrogen and oxygen atoms in total. The fourth-order valence-electron chi connectivity index (χ4n) is 4.94. The normalized spacial score (nSPS) is 21.8. The minimum absolute atomic E-state index is 0.180. The van der Waals surface area contributed by atoms with E-state index in [0.29, 0.717) is 18.4 Å². The Morgan fingerprint density at radius 1 is 1.06 bits per heavy atom. The molecule has 0 aromatic heterocycles. The third-order valence-corrected chi connectivity index (χ3v) is 8.84. The van der Waals surface area contributed by atoms with Crippen LogP contribution in [0.4, 0.5) is 8.78 Å². The van der Waals surface area contributed by atoms with E-state index in [2.05, 4.69) is 0 Å². The Balaban J connectivity index is 1.62. The van der Waals surface area contributed by atoms with Crippen molar-refractivity contribution in [3.05, 3.63) is 54.1 Å². The minimum atomic E-state index is -3.95. The lowest BCUT2D eigenvalue weighted by Crippen LogP contribution is -2.50. The number of likely N-dealkylation sites (N-methyl/N-ethyl adjacent to an activating group) is 1. The summed E-state index contributed by atoms with van der Waals surface area (Å²) < 4.78 is 56.0. The molecule has 33 heavy (non-hydrogen) atoms. The van der Waals surface area contributed by atoms with Crippen molar-refractivity contribution in [3.8, 4) is 11.1 Å². The molecule has 2 aliphatic rings. The minimum Gasteiger partial charge on any atom is -0.341 e. The van der Waals surface area contributed by atoms with Gasteiger partial charge in [-0.15, -0.1) is 0 Å². The van der Waals surface area contributed by atoms with Crippen molar-refractivity contribution in [2.45, 2.75) is 68.4 Å². The summed E-state index contributed by atoms with van der Waals surface area (Å²) in [4.78, 5) is 15.0. The lowest BCUT2D eigenvalue weighted by atomic mass is 9.91. The van der Waals surface area contributed by atoms with Gasteiger partial charge in [0.2, 0.25) is 21.9 Å². The van der Waals surface area contributed by atoms with Crippen molar-refractivity contribution in [2.24, 2.45) is 0 Å². The second-order valence-corrected chi connectivity index (χ2v) is 11.0. The topological polar surface area (TPSA) is 57.7 Å². The van der Waals surface area contributed by atoms with E-state index in [1.54, 1.807) is 19.2 Å². The van der Waals surface area contributed by atoms with Crippen molar-refractivity contribution in [3.63, 3.8) is 0 Å². The first-order valence-electron chi connectivity index (χ1n) is 11.4. The molecule has 4 rings (SSSR count). The summed E-state index contributed by atoms with van der Waals surface area (Å²) in [6, 6.07) is 13.5. The summed E-state index contributed by atoms with van der Waals surface area (Å²) in [6.07, 6.45) is 0.976. The summed E-state index contributed by atoms with van der Waals surface area (Å²) in [5.41, 5.74) is 2.34. The number of carbonyl (C=O) groups excluding carboxylic acids is 1. The Hall–Kier alpha value is -2.32. The van der Waals surface area contributed by atoms with E-state index in [1.807, 2.05) is 43.3 Å². The number of hydrogen-bond acceptors (Lipinski definition) is 3. The lowest BCUT2D eigenvalue weighted by Gasteiger charge is -2.37. The number of halogens is 2. The van der Waals surface area contributed by atoms with Crippen LogP contribution in [-0.4, -0.2) is 55.1 Å². The van der Waals surface area contributed by atoms with Crippen LogP contribution in [-0.2, 0) is 14.8 Å². The highest BCUT2D eigenvalue weighted by molar-refractivity contribution is 7.89. The molecule has 0 N–H and O–H groups in total. The van der Waals surface area contributed by atoms with Crippen LogP contribution in [0.5, 0.6) is 0 Å². The molecule has 1 atom stereocenters. The molecule has 1 saturated heterocycles. The number of amides is 1. The summed E-state index contributed by atoms with van der Waals surface area (Å²) >= 11 is 0. The molecule has 1 saturated carbocycles. The SMILES string of the molecule is Cc1ccc(S(=O)(=O)N2CCC[C@H]2C(=O)N(C)C2CCC(F)(F)CC2)c(-c2ccccc2)c1. The standard InChI is InChI=1S/C25H30F2N2O3S/c1-18-10-11-23(21(17-18)19-7-4-3-5-8-19)33(31,32)29-16-6-9-22(29)24(30)28(2)20-12-14-25(26,27)15-13-20/h3-5,7-8,10-11,17,20,22H,6,9,12-16H2,1-2H3/t22-/m0/s1. The van der Waals surface area contributed by atoms with Crippen LogP contribution in [0.1, 0.15) is 44.1 Å². The predicted octanol–water partition coefficient (Wildman–Crippen LogP) is 4.85. The number of carbonyl (C=O) groups is 1. The number of aryl methyl sites for hydroxylation is 1. The number of sulfonamides is 1. The molecule has 2 aromatic carbocycles. The monoisotopic (exact) mass is 476 g/mol. The number of alkyl halides is 2. The third kappa shape index (κ3) is 4.82. The van der Waals surface area contributed by atoms with Gasteiger partial charge in [0.25, 0.3) is 0 Å². The van der Waals surface area contributed by atoms with Crippen LogP contribution in [0.15, 0.2) is 53.4 Å². The average molecular weight is 477 g/mol. The fraction of sp³-hybridized carbons (Fsp3) is 0.480. The molecule has 2 fully saturated rings. The summed E-state index contributed by atoms with van der Waals surface area (Å²) in [5, 5.41) is 0. The maximum atomic E-state index is 13.8. The first kappa shape index (κ1) is 23.8. The van der Waals surface area contributed by atoms with E-state index in [0.717, 1.165) is 11.1 Å². The Labute approximate surface area is 194 Å². The Kier molecular flexibility index (Phi) is 6.60. The van der Waals surface area contributed by atoms with Crippen LogP contribution < -0.4 is 0 Å². The number of nitrogens with zero attached hydrogens (tertiary/aromatic N) is 2. The molecule has 1 heterocycles. The quantitative estimate of drug-likeness (QED) is 0.620. The smallest absolute Gasteiger partial charge is 0.248 e. The van der Waals surface area contributed by atoms with E-state index in [1.165, 1.54) is 9.21 Å². The van der Waals surface area contributed by atoms with Crippen LogP contribution in [0.3, 0.4) is 0 Å². The van der Waals surface area contributed by atoms with Gasteiger partial charge in [0, 0.05) is 38.0 Å². The van der Waals surface area contributed by atoms with Gasteiger partial charge in [0.1, 0.15) is 6.04 Å². The molecule has 8 heteroatoms. The van der Waals surface area contributed by atoms with E-state index < -0.39 is 22.0 Å². The third-order valence-electron chi connectivity index (χ3n) is 6.88. The molecule has 1 aliphatic heterocycles. The number of benzene rings is 2. The van der Waals surface area contributed by atoms with Crippen LogP contribution in [0.25, 0.3) is 11.1 Å².